The summed E-state index contributed by atoms with van der Waals surface area (Å²) < 4.78 is 19.3. The second-order valence-corrected chi connectivity index (χ2v) is 4.14. The zero-order valence-corrected chi connectivity index (χ0v) is 10.3. The van der Waals surface area contributed by atoms with Crippen molar-refractivity contribution in [2.24, 2.45) is 5.73 Å². The van der Waals surface area contributed by atoms with E-state index in [9.17, 15) is 14.5 Å². The predicted molar refractivity (Wildman–Crippen MR) is 68.0 cm³/mol. The Hall–Kier alpha value is -2.21. The number of nitrogens with zero attached hydrogens (tertiary/aromatic N) is 1. The van der Waals surface area contributed by atoms with Crippen LogP contribution < -0.4 is 5.73 Å². The van der Waals surface area contributed by atoms with Gasteiger partial charge in [0.1, 0.15) is 17.3 Å². The van der Waals surface area contributed by atoms with Crippen LogP contribution in [0.25, 0.3) is 11.3 Å². The molecule has 1 atom stereocenters. The number of hydrogen-bond acceptors (Lipinski definition) is 4. The molecule has 100 valence electrons. The van der Waals surface area contributed by atoms with E-state index in [0.29, 0.717) is 17.9 Å². The fourth-order valence-electron chi connectivity index (χ4n) is 1.72. The molecule has 0 fully saturated rings. The normalized spacial score (nSPS) is 12.4. The molecule has 2 N–H and O–H groups in total. The molecule has 0 bridgehead atoms. The van der Waals surface area contributed by atoms with Crippen LogP contribution in [0.4, 0.5) is 10.1 Å². The summed E-state index contributed by atoms with van der Waals surface area (Å²) in [6.07, 6.45) is 0.704. The number of nitro benzene ring substituents is 1. The first-order valence-electron chi connectivity index (χ1n) is 5.82. The molecule has 0 aliphatic rings. The molecule has 0 aliphatic heterocycles. The molecule has 0 aliphatic carbocycles. The zero-order chi connectivity index (χ0) is 14.0. The number of nitrogens with two attached hydrogens (primary N) is 1. The molecule has 1 heterocycles. The lowest BCUT2D eigenvalue weighted by Gasteiger charge is -2.04. The molecule has 0 saturated heterocycles. The lowest BCUT2D eigenvalue weighted by molar-refractivity contribution is -0.385. The van der Waals surface area contributed by atoms with Crippen molar-refractivity contribution in [2.75, 3.05) is 0 Å². The van der Waals surface area contributed by atoms with Gasteiger partial charge in [-0.2, -0.15) is 0 Å². The van der Waals surface area contributed by atoms with Crippen LogP contribution in [0.3, 0.4) is 0 Å². The molecule has 0 radical (unpaired) electrons. The highest BCUT2D eigenvalue weighted by Crippen LogP contribution is 2.29. The quantitative estimate of drug-likeness (QED) is 0.677. The highest BCUT2D eigenvalue weighted by Gasteiger charge is 2.16. The van der Waals surface area contributed by atoms with E-state index >= 15 is 0 Å². The van der Waals surface area contributed by atoms with Crippen molar-refractivity contribution in [3.05, 3.63) is 52.0 Å². The van der Waals surface area contributed by atoms with Crippen LogP contribution in [0.15, 0.2) is 34.7 Å². The third kappa shape index (κ3) is 2.63. The summed E-state index contributed by atoms with van der Waals surface area (Å²) in [5.74, 6) is 0.182. The molecule has 6 heteroatoms. The van der Waals surface area contributed by atoms with Crippen LogP contribution in [-0.4, -0.2) is 4.92 Å². The molecule has 0 spiro atoms. The van der Waals surface area contributed by atoms with Gasteiger partial charge >= 0.3 is 0 Å². The summed E-state index contributed by atoms with van der Waals surface area (Å²) in [7, 11) is 0. The number of rotatable bonds is 4. The van der Waals surface area contributed by atoms with Crippen molar-refractivity contribution in [1.82, 2.24) is 0 Å². The second kappa shape index (κ2) is 5.19. The van der Waals surface area contributed by atoms with Crippen LogP contribution in [-0.2, 0) is 0 Å². The fourth-order valence-corrected chi connectivity index (χ4v) is 1.72. The first-order chi connectivity index (χ1) is 9.02. The fraction of sp³-hybridized carbons (Fsp3) is 0.231. The molecule has 1 unspecified atom stereocenters. The van der Waals surface area contributed by atoms with E-state index in [1.165, 1.54) is 12.1 Å². The summed E-state index contributed by atoms with van der Waals surface area (Å²) in [5.41, 5.74) is 5.70. The lowest BCUT2D eigenvalue weighted by Crippen LogP contribution is -2.06. The van der Waals surface area contributed by atoms with Gasteiger partial charge < -0.3 is 10.2 Å². The van der Waals surface area contributed by atoms with Crippen LogP contribution in [0, 0.1) is 15.9 Å². The molecule has 1 aromatic heterocycles. The number of non-ortho nitro benzene ring substituents is 1. The maximum Gasteiger partial charge on any atom is 0.272 e. The van der Waals surface area contributed by atoms with E-state index in [2.05, 4.69) is 0 Å². The Balaban J connectivity index is 2.37. The van der Waals surface area contributed by atoms with Crippen LogP contribution in [0.2, 0.25) is 0 Å². The monoisotopic (exact) mass is 264 g/mol. The maximum atomic E-state index is 13.8. The predicted octanol–water partition coefficient (Wildman–Crippen LogP) is 3.40. The van der Waals surface area contributed by atoms with Gasteiger partial charge in [-0.3, -0.25) is 10.1 Å². The van der Waals surface area contributed by atoms with Crippen molar-refractivity contribution in [3.63, 3.8) is 0 Å². The minimum Gasteiger partial charge on any atom is -0.459 e. The molecule has 2 rings (SSSR count). The molecule has 0 saturated carbocycles. The van der Waals surface area contributed by atoms with Crippen LogP contribution in [0.1, 0.15) is 25.1 Å². The van der Waals surface area contributed by atoms with E-state index in [1.807, 2.05) is 6.92 Å². The van der Waals surface area contributed by atoms with E-state index in [1.54, 1.807) is 12.1 Å². The minimum absolute atomic E-state index is 0.181. The third-order valence-electron chi connectivity index (χ3n) is 2.86. The number of halogens is 1. The van der Waals surface area contributed by atoms with Gasteiger partial charge in [-0.25, -0.2) is 4.39 Å². The number of benzene rings is 1. The van der Waals surface area contributed by atoms with Gasteiger partial charge in [-0.1, -0.05) is 6.92 Å². The molecular formula is C13H13FN2O3. The average Bonchev–Trinajstić information content (AvgIpc) is 2.87. The van der Waals surface area contributed by atoms with E-state index < -0.39 is 10.7 Å². The highest BCUT2D eigenvalue weighted by molar-refractivity contribution is 5.60. The van der Waals surface area contributed by atoms with Gasteiger partial charge in [0.05, 0.1) is 22.6 Å². The largest absolute Gasteiger partial charge is 0.459 e. The first kappa shape index (κ1) is 13.2. The van der Waals surface area contributed by atoms with Gasteiger partial charge in [0.25, 0.3) is 5.69 Å². The highest BCUT2D eigenvalue weighted by atomic mass is 19.1. The van der Waals surface area contributed by atoms with Gasteiger partial charge in [0.2, 0.25) is 0 Å². The summed E-state index contributed by atoms with van der Waals surface area (Å²) in [5, 5.41) is 10.5. The SMILES string of the molecule is CCC(N)c1ccc(-c2ccc([N+](=O)[O-])cc2F)o1. The van der Waals surface area contributed by atoms with Gasteiger partial charge in [-0.05, 0) is 24.6 Å². The molecule has 19 heavy (non-hydrogen) atoms. The second-order valence-electron chi connectivity index (χ2n) is 4.14. The molecule has 5 nitrogen and oxygen atoms in total. The number of nitro groups is 1. The minimum atomic E-state index is -0.694. The Morgan fingerprint density at radius 2 is 2.16 bits per heavy atom. The Morgan fingerprint density at radius 3 is 2.74 bits per heavy atom. The topological polar surface area (TPSA) is 82.3 Å². The Kier molecular flexibility index (Phi) is 3.62. The van der Waals surface area contributed by atoms with E-state index in [-0.39, 0.29) is 17.3 Å². The Morgan fingerprint density at radius 1 is 1.42 bits per heavy atom. The third-order valence-corrected chi connectivity index (χ3v) is 2.86. The average molecular weight is 264 g/mol. The van der Waals surface area contributed by atoms with Crippen molar-refractivity contribution in [2.45, 2.75) is 19.4 Å². The van der Waals surface area contributed by atoms with Gasteiger partial charge in [0, 0.05) is 6.07 Å². The smallest absolute Gasteiger partial charge is 0.272 e. The standard InChI is InChI=1S/C13H13FN2O3/c1-2-11(15)13-6-5-12(19-13)9-4-3-8(16(17)18)7-10(9)14/h3-7,11H,2,15H2,1H3. The number of hydrogen-bond donors (Lipinski definition) is 1. The van der Waals surface area contributed by atoms with Crippen molar-refractivity contribution >= 4 is 5.69 Å². The van der Waals surface area contributed by atoms with Crippen molar-refractivity contribution < 1.29 is 13.7 Å². The Labute approximate surface area is 109 Å². The molecule has 0 amide bonds. The van der Waals surface area contributed by atoms with Crippen molar-refractivity contribution in [3.8, 4) is 11.3 Å². The Bertz CT molecular complexity index is 610. The molecule has 2 aromatic rings. The summed E-state index contributed by atoms with van der Waals surface area (Å²) >= 11 is 0. The lowest BCUT2D eigenvalue weighted by atomic mass is 10.1. The molecule has 1 aromatic carbocycles. The summed E-state index contributed by atoms with van der Waals surface area (Å²) in [6.45, 7) is 1.92. The van der Waals surface area contributed by atoms with Gasteiger partial charge in [-0.15, -0.1) is 0 Å². The molecular weight excluding hydrogens is 251 g/mol. The van der Waals surface area contributed by atoms with Gasteiger partial charge in [0.15, 0.2) is 0 Å². The van der Waals surface area contributed by atoms with Crippen LogP contribution in [0.5, 0.6) is 0 Å². The summed E-state index contributed by atoms with van der Waals surface area (Å²) in [6, 6.07) is 6.49. The summed E-state index contributed by atoms with van der Waals surface area (Å²) in [4.78, 5) is 9.89. The van der Waals surface area contributed by atoms with Crippen LogP contribution >= 0.6 is 0 Å². The van der Waals surface area contributed by atoms with E-state index in [0.717, 1.165) is 6.07 Å². The first-order valence-corrected chi connectivity index (χ1v) is 5.82. The maximum absolute atomic E-state index is 13.8. The zero-order valence-electron chi connectivity index (χ0n) is 10.3. The van der Waals surface area contributed by atoms with Crippen molar-refractivity contribution in [1.29, 1.82) is 0 Å². The number of furan rings is 1. The van der Waals surface area contributed by atoms with E-state index in [4.69, 9.17) is 10.2 Å².